The van der Waals surface area contributed by atoms with Gasteiger partial charge in [-0.1, -0.05) is 33.1 Å². The van der Waals surface area contributed by atoms with Gasteiger partial charge in [-0.05, 0) is 6.42 Å². The average Bonchev–Trinajstić information content (AvgIpc) is 2.28. The van der Waals surface area contributed by atoms with E-state index in [2.05, 4.69) is 6.92 Å². The van der Waals surface area contributed by atoms with E-state index in [0.717, 1.165) is 25.7 Å². The summed E-state index contributed by atoms with van der Waals surface area (Å²) in [6, 6.07) is 0. The molecule has 5 heteroatoms. The van der Waals surface area contributed by atoms with E-state index in [-0.39, 0.29) is 23.3 Å². The molecule has 17 heavy (non-hydrogen) atoms. The molecule has 1 amide bonds. The summed E-state index contributed by atoms with van der Waals surface area (Å²) in [4.78, 5) is 13.7. The summed E-state index contributed by atoms with van der Waals surface area (Å²) in [5, 5.41) is 0. The molecule has 0 spiro atoms. The molecular weight excluding hydrogens is 238 g/mol. The predicted octanol–water partition coefficient (Wildman–Crippen LogP) is 1.46. The van der Waals surface area contributed by atoms with Crippen molar-refractivity contribution >= 4 is 15.7 Å². The smallest absolute Gasteiger partial charge is 0.225 e. The van der Waals surface area contributed by atoms with Crippen LogP contribution in [0, 0.1) is 5.92 Å². The summed E-state index contributed by atoms with van der Waals surface area (Å²) in [5.74, 6) is 0.402. The SMILES string of the molecule is CCCCCC(C)C(=O)N1CCS(=O)(=O)CC1. The zero-order chi connectivity index (χ0) is 12.9. The van der Waals surface area contributed by atoms with E-state index in [1.165, 1.54) is 0 Å². The highest BCUT2D eigenvalue weighted by molar-refractivity contribution is 7.91. The molecule has 0 N–H and O–H groups in total. The first-order valence-electron chi connectivity index (χ1n) is 6.45. The maximum absolute atomic E-state index is 12.0. The molecule has 100 valence electrons. The topological polar surface area (TPSA) is 54.5 Å². The van der Waals surface area contributed by atoms with E-state index in [9.17, 15) is 13.2 Å². The molecule has 1 heterocycles. The molecule has 0 aromatic rings. The third kappa shape index (κ3) is 4.66. The van der Waals surface area contributed by atoms with E-state index in [4.69, 9.17) is 0 Å². The lowest BCUT2D eigenvalue weighted by molar-refractivity contribution is -0.134. The number of rotatable bonds is 5. The molecule has 0 saturated carbocycles. The van der Waals surface area contributed by atoms with E-state index in [1.54, 1.807) is 4.90 Å². The summed E-state index contributed by atoms with van der Waals surface area (Å²) < 4.78 is 22.5. The van der Waals surface area contributed by atoms with Crippen LogP contribution in [0.1, 0.15) is 39.5 Å². The lowest BCUT2D eigenvalue weighted by atomic mass is 10.0. The molecule has 0 radical (unpaired) electrons. The minimum Gasteiger partial charge on any atom is -0.340 e. The van der Waals surface area contributed by atoms with Crippen molar-refractivity contribution in [3.63, 3.8) is 0 Å². The third-order valence-corrected chi connectivity index (χ3v) is 4.93. The van der Waals surface area contributed by atoms with E-state index < -0.39 is 9.84 Å². The second-order valence-corrected chi connectivity index (χ2v) is 7.18. The van der Waals surface area contributed by atoms with Crippen molar-refractivity contribution in [2.75, 3.05) is 24.6 Å². The molecule has 1 unspecified atom stereocenters. The fourth-order valence-corrected chi connectivity index (χ4v) is 3.27. The van der Waals surface area contributed by atoms with Gasteiger partial charge in [0.15, 0.2) is 9.84 Å². The van der Waals surface area contributed by atoms with Gasteiger partial charge in [0.2, 0.25) is 5.91 Å². The van der Waals surface area contributed by atoms with Crippen LogP contribution in [-0.2, 0) is 14.6 Å². The van der Waals surface area contributed by atoms with Crippen LogP contribution in [-0.4, -0.2) is 43.8 Å². The number of unbranched alkanes of at least 4 members (excludes halogenated alkanes) is 2. The highest BCUT2D eigenvalue weighted by Crippen LogP contribution is 2.14. The number of nitrogens with zero attached hydrogens (tertiary/aromatic N) is 1. The second-order valence-electron chi connectivity index (χ2n) is 4.87. The van der Waals surface area contributed by atoms with Gasteiger partial charge >= 0.3 is 0 Å². The lowest BCUT2D eigenvalue weighted by Gasteiger charge is -2.29. The van der Waals surface area contributed by atoms with Gasteiger partial charge in [0, 0.05) is 19.0 Å². The number of sulfone groups is 1. The molecule has 1 aliphatic rings. The first-order valence-corrected chi connectivity index (χ1v) is 8.27. The Balaban J connectivity index is 2.37. The zero-order valence-corrected chi connectivity index (χ0v) is 11.6. The number of carbonyl (C=O) groups excluding carboxylic acids is 1. The van der Waals surface area contributed by atoms with Crippen LogP contribution in [0.4, 0.5) is 0 Å². The van der Waals surface area contributed by atoms with E-state index in [1.807, 2.05) is 6.92 Å². The van der Waals surface area contributed by atoms with Gasteiger partial charge in [-0.25, -0.2) is 8.42 Å². The van der Waals surface area contributed by atoms with Gasteiger partial charge in [-0.3, -0.25) is 4.79 Å². The molecule has 0 aromatic heterocycles. The van der Waals surface area contributed by atoms with Crippen LogP contribution >= 0.6 is 0 Å². The largest absolute Gasteiger partial charge is 0.340 e. The van der Waals surface area contributed by atoms with Crippen LogP contribution in [0.25, 0.3) is 0 Å². The highest BCUT2D eigenvalue weighted by atomic mass is 32.2. The molecule has 1 rings (SSSR count). The number of hydrogen-bond donors (Lipinski definition) is 0. The Morgan fingerprint density at radius 1 is 1.24 bits per heavy atom. The van der Waals surface area contributed by atoms with Crippen molar-refractivity contribution in [3.8, 4) is 0 Å². The summed E-state index contributed by atoms with van der Waals surface area (Å²) in [7, 11) is -2.89. The summed E-state index contributed by atoms with van der Waals surface area (Å²) in [5.41, 5.74) is 0. The molecule has 1 fully saturated rings. The molecule has 0 aromatic carbocycles. The molecule has 0 bridgehead atoms. The maximum atomic E-state index is 12.0. The standard InChI is InChI=1S/C12H23NO3S/c1-3-4-5-6-11(2)12(14)13-7-9-17(15,16)10-8-13/h11H,3-10H2,1-2H3. The van der Waals surface area contributed by atoms with Crippen LogP contribution < -0.4 is 0 Å². The van der Waals surface area contributed by atoms with Crippen LogP contribution in [0.15, 0.2) is 0 Å². The fraction of sp³-hybridized carbons (Fsp3) is 0.917. The summed E-state index contributed by atoms with van der Waals surface area (Å²) in [6.45, 7) is 4.83. The number of carbonyl (C=O) groups is 1. The quantitative estimate of drug-likeness (QED) is 0.704. The average molecular weight is 261 g/mol. The van der Waals surface area contributed by atoms with Gasteiger partial charge < -0.3 is 4.90 Å². The number of amides is 1. The van der Waals surface area contributed by atoms with Crippen molar-refractivity contribution in [1.82, 2.24) is 4.90 Å². The Hall–Kier alpha value is -0.580. The van der Waals surface area contributed by atoms with Crippen molar-refractivity contribution in [1.29, 1.82) is 0 Å². The van der Waals surface area contributed by atoms with Gasteiger partial charge in [0.05, 0.1) is 11.5 Å². The van der Waals surface area contributed by atoms with Crippen molar-refractivity contribution in [3.05, 3.63) is 0 Å². The monoisotopic (exact) mass is 261 g/mol. The third-order valence-electron chi connectivity index (χ3n) is 3.32. The normalized spacial score (nSPS) is 21.2. The van der Waals surface area contributed by atoms with Gasteiger partial charge in [0.25, 0.3) is 0 Å². The molecule has 4 nitrogen and oxygen atoms in total. The minimum absolute atomic E-state index is 0.0300. The minimum atomic E-state index is -2.89. The molecule has 1 saturated heterocycles. The van der Waals surface area contributed by atoms with Crippen LogP contribution in [0.3, 0.4) is 0 Å². The molecule has 1 atom stereocenters. The number of hydrogen-bond acceptors (Lipinski definition) is 3. The van der Waals surface area contributed by atoms with E-state index >= 15 is 0 Å². The zero-order valence-electron chi connectivity index (χ0n) is 10.8. The Kier molecular flexibility index (Phi) is 5.43. The Labute approximate surface area is 104 Å². The van der Waals surface area contributed by atoms with Crippen molar-refractivity contribution in [2.24, 2.45) is 5.92 Å². The first-order chi connectivity index (χ1) is 7.96. The molecular formula is C12H23NO3S. The lowest BCUT2D eigenvalue weighted by Crippen LogP contribution is -2.45. The maximum Gasteiger partial charge on any atom is 0.225 e. The van der Waals surface area contributed by atoms with E-state index in [0.29, 0.717) is 13.1 Å². The predicted molar refractivity (Wildman–Crippen MR) is 68.5 cm³/mol. The Morgan fingerprint density at radius 2 is 1.82 bits per heavy atom. The van der Waals surface area contributed by atoms with Crippen molar-refractivity contribution < 1.29 is 13.2 Å². The Bertz CT molecular complexity index is 337. The fourth-order valence-electron chi connectivity index (χ4n) is 2.07. The summed E-state index contributed by atoms with van der Waals surface area (Å²) >= 11 is 0. The van der Waals surface area contributed by atoms with Crippen LogP contribution in [0.2, 0.25) is 0 Å². The summed E-state index contributed by atoms with van der Waals surface area (Å²) in [6.07, 6.45) is 4.31. The molecule has 1 aliphatic heterocycles. The highest BCUT2D eigenvalue weighted by Gasteiger charge is 2.27. The van der Waals surface area contributed by atoms with Gasteiger partial charge in [-0.2, -0.15) is 0 Å². The van der Waals surface area contributed by atoms with Gasteiger partial charge in [-0.15, -0.1) is 0 Å². The van der Waals surface area contributed by atoms with Crippen molar-refractivity contribution in [2.45, 2.75) is 39.5 Å². The van der Waals surface area contributed by atoms with Gasteiger partial charge in [0.1, 0.15) is 0 Å². The van der Waals surface area contributed by atoms with Crippen LogP contribution in [0.5, 0.6) is 0 Å². The second kappa shape index (κ2) is 6.38. The Morgan fingerprint density at radius 3 is 2.35 bits per heavy atom. The first kappa shape index (κ1) is 14.5. The molecule has 0 aliphatic carbocycles.